The molecule has 0 saturated carbocycles. The number of unbranched alkanes of at least 4 members (excludes halogenated alkanes) is 3. The Morgan fingerprint density at radius 3 is 1.32 bits per heavy atom. The number of hydrogen-bond donors (Lipinski definition) is 2. The smallest absolute Gasteiger partial charge is 0.396 e. The fourth-order valence-corrected chi connectivity index (χ4v) is 4.68. The highest BCUT2D eigenvalue weighted by atomic mass is 31.2. The van der Waals surface area contributed by atoms with Crippen LogP contribution in [-0.2, 0) is 40.1 Å². The quantitative estimate of drug-likeness (QED) is 0.107. The molecule has 0 bridgehead atoms. The van der Waals surface area contributed by atoms with E-state index in [-0.39, 0.29) is 26.4 Å². The molecule has 2 aromatic rings. The summed E-state index contributed by atoms with van der Waals surface area (Å²) in [5.41, 5.74) is 2.91. The van der Waals surface area contributed by atoms with E-state index >= 15 is 0 Å². The van der Waals surface area contributed by atoms with Gasteiger partial charge in [-0.05, 0) is 61.1 Å². The Hall–Kier alpha value is -2.14. The van der Waals surface area contributed by atoms with Crippen LogP contribution in [0.5, 0.6) is 0 Å². The molecule has 210 valence electrons. The molecular weight excluding hydrogens is 534 g/mol. The third-order valence-corrected chi connectivity index (χ3v) is 7.78. The Kier molecular flexibility index (Phi) is 14.7. The van der Waals surface area contributed by atoms with Crippen molar-refractivity contribution < 1.29 is 37.4 Å². The summed E-state index contributed by atoms with van der Waals surface area (Å²) in [5.74, 6) is 0. The van der Waals surface area contributed by atoms with E-state index in [1.807, 2.05) is 0 Å². The van der Waals surface area contributed by atoms with Gasteiger partial charge < -0.3 is 10.2 Å². The highest BCUT2D eigenvalue weighted by Gasteiger charge is 2.23. The topological polar surface area (TPSA) is 161 Å². The second-order valence-electron chi connectivity index (χ2n) is 8.04. The predicted octanol–water partition coefficient (Wildman–Crippen LogP) is 6.73. The molecule has 2 rings (SSSR count). The maximum absolute atomic E-state index is 12.6. The summed E-state index contributed by atoms with van der Waals surface area (Å²) in [7, 11) is -4.92. The van der Waals surface area contributed by atoms with Gasteiger partial charge in [0.05, 0.1) is 24.6 Å². The zero-order valence-electron chi connectivity index (χ0n) is 21.7. The molecule has 12 nitrogen and oxygen atoms in total. The fraction of sp³-hybridized carbons (Fsp3) is 0.500. The van der Waals surface area contributed by atoms with Crippen LogP contribution in [0.15, 0.2) is 68.5 Å². The molecule has 0 fully saturated rings. The normalized spacial score (nSPS) is 15.2. The first-order valence-corrected chi connectivity index (χ1v) is 15.2. The summed E-state index contributed by atoms with van der Waals surface area (Å²) in [6.45, 7) is 0.456. The van der Waals surface area contributed by atoms with E-state index in [4.69, 9.17) is 28.3 Å². The maximum Gasteiger partial charge on any atom is 0.471 e. The van der Waals surface area contributed by atoms with Crippen LogP contribution in [-0.4, -0.2) is 50.9 Å². The summed E-state index contributed by atoms with van der Waals surface area (Å²) in [6.07, 6.45) is 3.79. The molecule has 0 saturated heterocycles. The molecule has 0 amide bonds. The van der Waals surface area contributed by atoms with E-state index in [0.717, 1.165) is 24.0 Å². The van der Waals surface area contributed by atoms with Gasteiger partial charge in [0.15, 0.2) is 0 Å². The van der Waals surface area contributed by atoms with Crippen LogP contribution in [0.1, 0.15) is 36.8 Å². The maximum atomic E-state index is 12.6. The lowest BCUT2D eigenvalue weighted by Crippen LogP contribution is -1.96. The van der Waals surface area contributed by atoms with Crippen LogP contribution in [0.4, 0.5) is 11.4 Å². The van der Waals surface area contributed by atoms with Gasteiger partial charge >= 0.3 is 15.5 Å². The number of aliphatic hydroxyl groups is 2. The van der Waals surface area contributed by atoms with Crippen molar-refractivity contribution in [2.75, 3.05) is 40.6 Å². The van der Waals surface area contributed by atoms with Crippen LogP contribution < -0.4 is 0 Å². The Balaban J connectivity index is 1.67. The first-order chi connectivity index (χ1) is 18.3. The van der Waals surface area contributed by atoms with E-state index in [1.165, 1.54) is 14.2 Å². The summed E-state index contributed by atoms with van der Waals surface area (Å²) >= 11 is 0. The van der Waals surface area contributed by atoms with Crippen molar-refractivity contribution in [3.8, 4) is 0 Å². The van der Waals surface area contributed by atoms with E-state index in [0.29, 0.717) is 37.1 Å². The lowest BCUT2D eigenvalue weighted by Gasteiger charge is -2.11. The van der Waals surface area contributed by atoms with E-state index < -0.39 is 15.5 Å². The van der Waals surface area contributed by atoms with Crippen molar-refractivity contribution in [1.29, 1.82) is 0 Å². The predicted molar refractivity (Wildman–Crippen MR) is 143 cm³/mol. The first-order valence-electron chi connectivity index (χ1n) is 12.2. The van der Waals surface area contributed by atoms with E-state index in [2.05, 4.69) is 20.0 Å². The summed E-state index contributed by atoms with van der Waals surface area (Å²) < 4.78 is 45.7. The molecular formula is C24H36N4O8P2. The fourth-order valence-electron chi connectivity index (χ4n) is 3.08. The molecule has 2 aromatic carbocycles. The number of hydrogen-bond acceptors (Lipinski definition) is 10. The van der Waals surface area contributed by atoms with Gasteiger partial charge in [-0.15, -0.1) is 10.2 Å². The number of aliphatic hydroxyl groups excluding tert-OH is 2. The second-order valence-corrected chi connectivity index (χ2v) is 11.5. The van der Waals surface area contributed by atoms with Crippen LogP contribution in [0, 0.1) is 0 Å². The van der Waals surface area contributed by atoms with Crippen LogP contribution >= 0.6 is 15.5 Å². The first kappa shape index (κ1) is 32.1. The largest absolute Gasteiger partial charge is 0.471 e. The van der Waals surface area contributed by atoms with E-state index in [1.54, 1.807) is 48.5 Å². The van der Waals surface area contributed by atoms with Crippen LogP contribution in [0.25, 0.3) is 0 Å². The Labute approximate surface area is 223 Å². The minimum Gasteiger partial charge on any atom is -0.396 e. The standard InChI is InChI=1S/C24H36N4O8P2/c1-33-37(31,27-25-23-11-7-21(8-12-23)15-17-29)35-19-5-3-4-6-20-36-38(32,34-2)28-26-24-13-9-22(10-14-24)16-18-30/h7-14,29-30H,3-6,15-20H2,1-2H3. The minimum atomic E-state index is -3.71. The Morgan fingerprint density at radius 1 is 0.632 bits per heavy atom. The molecule has 38 heavy (non-hydrogen) atoms. The van der Waals surface area contributed by atoms with Crippen LogP contribution in [0.3, 0.4) is 0 Å². The molecule has 0 radical (unpaired) electrons. The molecule has 0 aromatic heterocycles. The van der Waals surface area contributed by atoms with Gasteiger partial charge in [-0.1, -0.05) is 46.9 Å². The molecule has 2 N–H and O–H groups in total. The summed E-state index contributed by atoms with van der Waals surface area (Å²) in [4.78, 5) is 7.50. The molecule has 0 spiro atoms. The van der Waals surface area contributed by atoms with Gasteiger partial charge in [-0.2, -0.15) is 0 Å². The molecule has 2 unspecified atom stereocenters. The molecule has 2 atom stereocenters. The monoisotopic (exact) mass is 570 g/mol. The van der Waals surface area contributed by atoms with Crippen LogP contribution in [0.2, 0.25) is 0 Å². The zero-order valence-corrected chi connectivity index (χ0v) is 23.5. The van der Waals surface area contributed by atoms with Gasteiger partial charge in [0, 0.05) is 27.4 Å². The number of rotatable bonds is 19. The highest BCUT2D eigenvalue weighted by Crippen LogP contribution is 2.51. The van der Waals surface area contributed by atoms with Gasteiger partial charge in [-0.3, -0.25) is 18.1 Å². The lowest BCUT2D eigenvalue weighted by molar-refractivity contribution is 0.218. The Bertz CT molecular complexity index is 1010. The van der Waals surface area contributed by atoms with Crippen molar-refractivity contribution in [2.45, 2.75) is 38.5 Å². The number of benzene rings is 2. The summed E-state index contributed by atoms with van der Waals surface area (Å²) in [5, 5.41) is 25.8. The molecule has 0 aliphatic rings. The van der Waals surface area contributed by atoms with Crippen molar-refractivity contribution >= 4 is 26.9 Å². The molecule has 0 aliphatic carbocycles. The third-order valence-electron chi connectivity index (χ3n) is 5.22. The Morgan fingerprint density at radius 2 is 1.00 bits per heavy atom. The van der Waals surface area contributed by atoms with E-state index in [9.17, 15) is 9.13 Å². The van der Waals surface area contributed by atoms with Crippen molar-refractivity contribution in [3.05, 3.63) is 59.7 Å². The molecule has 14 heteroatoms. The SMILES string of the molecule is COP(=O)(N=Nc1ccc(CCO)cc1)OCCCCCCOP(=O)(N=Nc1ccc(CCO)cc1)OC. The average molecular weight is 571 g/mol. The highest BCUT2D eigenvalue weighted by molar-refractivity contribution is 7.52. The van der Waals surface area contributed by atoms with Gasteiger partial charge in [-0.25, -0.2) is 9.13 Å². The van der Waals surface area contributed by atoms with Crippen molar-refractivity contribution in [1.82, 2.24) is 0 Å². The zero-order chi connectivity index (χ0) is 27.7. The minimum absolute atomic E-state index is 0.0592. The van der Waals surface area contributed by atoms with Gasteiger partial charge in [0.2, 0.25) is 0 Å². The average Bonchev–Trinajstić information content (AvgIpc) is 2.94. The van der Waals surface area contributed by atoms with Crippen molar-refractivity contribution in [2.24, 2.45) is 20.0 Å². The second kappa shape index (κ2) is 17.4. The molecule has 0 heterocycles. The van der Waals surface area contributed by atoms with Crippen molar-refractivity contribution in [3.63, 3.8) is 0 Å². The van der Waals surface area contributed by atoms with Gasteiger partial charge in [0.25, 0.3) is 0 Å². The number of nitrogens with zero attached hydrogens (tertiary/aromatic N) is 4. The summed E-state index contributed by atoms with van der Waals surface area (Å²) in [6, 6.07) is 14.0. The lowest BCUT2D eigenvalue weighted by atomic mass is 10.1. The van der Waals surface area contributed by atoms with Gasteiger partial charge in [0.1, 0.15) is 0 Å². The molecule has 0 aliphatic heterocycles. The third kappa shape index (κ3) is 12.1.